The molecule has 1 aromatic carbocycles. The minimum Gasteiger partial charge on any atom is -0.273 e. The van der Waals surface area contributed by atoms with E-state index in [1.165, 1.54) is 0 Å². The summed E-state index contributed by atoms with van der Waals surface area (Å²) >= 11 is 18.2. The molecule has 0 aliphatic carbocycles. The number of anilines is 1. The Morgan fingerprint density at radius 3 is 2.12 bits per heavy atom. The first-order valence-corrected chi connectivity index (χ1v) is 7.14. The summed E-state index contributed by atoms with van der Waals surface area (Å²) in [6.45, 7) is 0. The lowest BCUT2D eigenvalue weighted by molar-refractivity contribution is -0.121. The summed E-state index contributed by atoms with van der Waals surface area (Å²) in [7, 11) is 0. The van der Waals surface area contributed by atoms with E-state index in [1.54, 1.807) is 18.2 Å². The number of benzene rings is 1. The fraction of sp³-hybridized carbons (Fsp3) is 0.200. The van der Waals surface area contributed by atoms with E-state index in [4.69, 9.17) is 23.2 Å². The highest BCUT2D eigenvalue weighted by molar-refractivity contribution is 9.12. The molecule has 7 heteroatoms. The zero-order valence-electron chi connectivity index (χ0n) is 8.16. The third-order valence-corrected chi connectivity index (χ3v) is 5.70. The van der Waals surface area contributed by atoms with Crippen molar-refractivity contribution in [3.05, 3.63) is 28.2 Å². The molecule has 2 rings (SSSR count). The van der Waals surface area contributed by atoms with Crippen molar-refractivity contribution in [1.82, 2.24) is 0 Å². The van der Waals surface area contributed by atoms with Crippen LogP contribution in [0.15, 0.2) is 18.2 Å². The van der Waals surface area contributed by atoms with Crippen LogP contribution in [-0.2, 0) is 9.59 Å². The average Bonchev–Trinajstić information content (AvgIpc) is 2.49. The normalized spacial score (nSPS) is 24.6. The van der Waals surface area contributed by atoms with Crippen LogP contribution < -0.4 is 4.90 Å². The van der Waals surface area contributed by atoms with Gasteiger partial charge in [0, 0.05) is 0 Å². The van der Waals surface area contributed by atoms with Crippen LogP contribution in [0.4, 0.5) is 5.69 Å². The summed E-state index contributed by atoms with van der Waals surface area (Å²) in [6.07, 6.45) is 0. The number of carbonyl (C=O) groups excluding carboxylic acids is 2. The quantitative estimate of drug-likeness (QED) is 0.534. The van der Waals surface area contributed by atoms with Crippen molar-refractivity contribution in [3.8, 4) is 0 Å². The molecular formula is C10H5Br2Cl2NO2. The van der Waals surface area contributed by atoms with E-state index in [0.717, 1.165) is 4.90 Å². The van der Waals surface area contributed by atoms with Gasteiger partial charge in [0.1, 0.15) is 9.65 Å². The van der Waals surface area contributed by atoms with Gasteiger partial charge in [-0.1, -0.05) is 61.1 Å². The van der Waals surface area contributed by atoms with Gasteiger partial charge < -0.3 is 0 Å². The van der Waals surface area contributed by atoms with Gasteiger partial charge in [0.15, 0.2) is 0 Å². The van der Waals surface area contributed by atoms with Crippen LogP contribution in [0.1, 0.15) is 0 Å². The molecule has 1 aliphatic rings. The molecule has 0 spiro atoms. The second-order valence-corrected chi connectivity index (χ2v) is 6.15. The number of alkyl halides is 2. The predicted octanol–water partition coefficient (Wildman–Crippen LogP) is 3.39. The summed E-state index contributed by atoms with van der Waals surface area (Å²) < 4.78 is 0. The van der Waals surface area contributed by atoms with E-state index in [1.807, 2.05) is 0 Å². The SMILES string of the molecule is O=C1C(Br)C(Br)C(=O)N1c1cccc(Cl)c1Cl. The Morgan fingerprint density at radius 2 is 1.59 bits per heavy atom. The lowest BCUT2D eigenvalue weighted by atomic mass is 10.3. The van der Waals surface area contributed by atoms with E-state index in [2.05, 4.69) is 31.9 Å². The maximum Gasteiger partial charge on any atom is 0.249 e. The molecule has 1 aliphatic heterocycles. The molecule has 0 radical (unpaired) electrons. The average molecular weight is 402 g/mol. The van der Waals surface area contributed by atoms with Gasteiger partial charge in [-0.05, 0) is 12.1 Å². The molecule has 17 heavy (non-hydrogen) atoms. The minimum absolute atomic E-state index is 0.192. The molecule has 2 unspecified atom stereocenters. The molecule has 1 fully saturated rings. The number of halogens is 4. The highest BCUT2D eigenvalue weighted by Gasteiger charge is 2.46. The summed E-state index contributed by atoms with van der Waals surface area (Å²) in [6, 6.07) is 4.80. The van der Waals surface area contributed by atoms with E-state index >= 15 is 0 Å². The molecular weight excluding hydrogens is 397 g/mol. The second-order valence-electron chi connectivity index (χ2n) is 3.39. The Bertz CT molecular complexity index is 489. The first-order valence-electron chi connectivity index (χ1n) is 4.55. The molecule has 1 saturated heterocycles. The van der Waals surface area contributed by atoms with Gasteiger partial charge in [0.25, 0.3) is 0 Å². The summed E-state index contributed by atoms with van der Waals surface area (Å²) in [5.74, 6) is -0.720. The zero-order chi connectivity index (χ0) is 12.7. The zero-order valence-corrected chi connectivity index (χ0v) is 12.8. The largest absolute Gasteiger partial charge is 0.273 e. The first kappa shape index (κ1) is 13.3. The molecule has 2 amide bonds. The molecule has 1 heterocycles. The molecule has 3 nitrogen and oxygen atoms in total. The molecule has 90 valence electrons. The monoisotopic (exact) mass is 399 g/mol. The van der Waals surface area contributed by atoms with Crippen molar-refractivity contribution in [2.45, 2.75) is 9.65 Å². The second kappa shape index (κ2) is 4.88. The topological polar surface area (TPSA) is 37.4 Å². The minimum atomic E-state index is -0.593. The number of amides is 2. The van der Waals surface area contributed by atoms with Gasteiger partial charge in [-0.3, -0.25) is 9.59 Å². The molecule has 2 atom stereocenters. The van der Waals surface area contributed by atoms with Gasteiger partial charge >= 0.3 is 0 Å². The highest BCUT2D eigenvalue weighted by atomic mass is 79.9. The van der Waals surface area contributed by atoms with E-state index in [-0.39, 0.29) is 16.8 Å². The van der Waals surface area contributed by atoms with Crippen molar-refractivity contribution in [3.63, 3.8) is 0 Å². The molecule has 0 N–H and O–H groups in total. The van der Waals surface area contributed by atoms with Crippen molar-refractivity contribution < 1.29 is 9.59 Å². The lowest BCUT2D eigenvalue weighted by Gasteiger charge is -2.16. The Kier molecular flexibility index (Phi) is 3.83. The van der Waals surface area contributed by atoms with Crippen molar-refractivity contribution in [2.24, 2.45) is 0 Å². The summed E-state index contributed by atoms with van der Waals surface area (Å²) in [5.41, 5.74) is 0.306. The maximum atomic E-state index is 11.9. The van der Waals surface area contributed by atoms with E-state index < -0.39 is 9.65 Å². The number of rotatable bonds is 1. The molecule has 1 aromatic rings. The van der Waals surface area contributed by atoms with Gasteiger partial charge in [0.05, 0.1) is 15.7 Å². The molecule has 0 bridgehead atoms. The Morgan fingerprint density at radius 1 is 1.06 bits per heavy atom. The van der Waals surface area contributed by atoms with E-state index in [9.17, 15) is 9.59 Å². The van der Waals surface area contributed by atoms with Crippen LogP contribution in [0.3, 0.4) is 0 Å². The van der Waals surface area contributed by atoms with Gasteiger partial charge in [-0.2, -0.15) is 0 Å². The Hall–Kier alpha value is -0.100. The number of hydrogen-bond acceptors (Lipinski definition) is 2. The highest BCUT2D eigenvalue weighted by Crippen LogP contribution is 2.37. The maximum absolute atomic E-state index is 11.9. The van der Waals surface area contributed by atoms with Crippen LogP contribution in [0.2, 0.25) is 10.0 Å². The van der Waals surface area contributed by atoms with E-state index in [0.29, 0.717) is 10.7 Å². The summed E-state index contributed by atoms with van der Waals surface area (Å²) in [5, 5.41) is 0.492. The number of hydrogen-bond donors (Lipinski definition) is 0. The molecule has 0 aromatic heterocycles. The predicted molar refractivity (Wildman–Crippen MR) is 74.4 cm³/mol. The third-order valence-electron chi connectivity index (χ3n) is 2.34. The standard InChI is InChI=1S/C10H5Br2Cl2NO2/c11-6-7(12)10(17)15(9(6)16)5-3-1-2-4(13)8(5)14/h1-3,6-7H. The van der Waals surface area contributed by atoms with Crippen LogP contribution in [0, 0.1) is 0 Å². The van der Waals surface area contributed by atoms with Gasteiger partial charge in [0.2, 0.25) is 11.8 Å². The van der Waals surface area contributed by atoms with Crippen LogP contribution in [-0.4, -0.2) is 21.5 Å². The fourth-order valence-electron chi connectivity index (χ4n) is 1.51. The van der Waals surface area contributed by atoms with Crippen molar-refractivity contribution >= 4 is 72.6 Å². The number of nitrogens with zero attached hydrogens (tertiary/aromatic N) is 1. The fourth-order valence-corrected chi connectivity index (χ4v) is 2.75. The van der Waals surface area contributed by atoms with Crippen LogP contribution in [0.5, 0.6) is 0 Å². The molecule has 0 saturated carbocycles. The van der Waals surface area contributed by atoms with Gasteiger partial charge in [-0.25, -0.2) is 4.90 Å². The lowest BCUT2D eigenvalue weighted by Crippen LogP contribution is -2.31. The first-order chi connectivity index (χ1) is 7.95. The van der Waals surface area contributed by atoms with Crippen molar-refractivity contribution in [2.75, 3.05) is 4.90 Å². The Labute approximate surface area is 124 Å². The summed E-state index contributed by atoms with van der Waals surface area (Å²) in [4.78, 5) is 23.7. The van der Waals surface area contributed by atoms with Crippen LogP contribution in [0.25, 0.3) is 0 Å². The Balaban J connectivity index is 2.51. The number of carbonyl (C=O) groups is 2. The third kappa shape index (κ3) is 2.14. The van der Waals surface area contributed by atoms with Crippen molar-refractivity contribution in [1.29, 1.82) is 0 Å². The smallest absolute Gasteiger partial charge is 0.249 e. The van der Waals surface area contributed by atoms with Crippen LogP contribution >= 0.6 is 55.1 Å². The number of imide groups is 1. The van der Waals surface area contributed by atoms with Gasteiger partial charge in [-0.15, -0.1) is 0 Å².